The first-order valence-corrected chi connectivity index (χ1v) is 9.35. The molecular weight excluding hydrogens is 280 g/mol. The fraction of sp³-hybridized carbons (Fsp3) is 0.692. The molecule has 6 heteroatoms. The lowest BCUT2D eigenvalue weighted by molar-refractivity contribution is 0.400. The Morgan fingerprint density at radius 1 is 1.47 bits per heavy atom. The Morgan fingerprint density at radius 2 is 2.26 bits per heavy atom. The summed E-state index contributed by atoms with van der Waals surface area (Å²) in [5.74, 6) is 0.252. The molecule has 0 unspecified atom stereocenters. The third-order valence-corrected chi connectivity index (χ3v) is 6.02. The molecule has 1 aromatic heterocycles. The third-order valence-electron chi connectivity index (χ3n) is 3.21. The summed E-state index contributed by atoms with van der Waals surface area (Å²) in [7, 11) is -3.12. The van der Waals surface area contributed by atoms with Crippen LogP contribution in [-0.2, 0) is 16.6 Å². The van der Waals surface area contributed by atoms with Crippen LogP contribution in [0.1, 0.15) is 31.1 Å². The van der Waals surface area contributed by atoms with Gasteiger partial charge in [0.1, 0.15) is 0 Å². The number of hydrogen-bond donors (Lipinski definition) is 1. The molecule has 1 N–H and O–H groups in total. The summed E-state index contributed by atoms with van der Waals surface area (Å²) >= 11 is 1.63. The molecule has 1 saturated carbocycles. The van der Waals surface area contributed by atoms with Crippen LogP contribution in [0.15, 0.2) is 17.5 Å². The van der Waals surface area contributed by atoms with Crippen molar-refractivity contribution < 1.29 is 8.42 Å². The highest BCUT2D eigenvalue weighted by Gasteiger charge is 2.36. The van der Waals surface area contributed by atoms with Gasteiger partial charge in [-0.15, -0.1) is 11.3 Å². The molecule has 0 spiro atoms. The van der Waals surface area contributed by atoms with E-state index in [1.165, 1.54) is 0 Å². The van der Waals surface area contributed by atoms with Gasteiger partial charge in [-0.25, -0.2) is 8.42 Å². The van der Waals surface area contributed by atoms with E-state index < -0.39 is 10.0 Å². The summed E-state index contributed by atoms with van der Waals surface area (Å²) in [6, 6.07) is 4.23. The zero-order valence-corrected chi connectivity index (χ0v) is 13.0. The van der Waals surface area contributed by atoms with Gasteiger partial charge in [0.15, 0.2) is 0 Å². The molecule has 0 radical (unpaired) electrons. The standard InChI is InChI=1S/C13H22N2O2S2/c1-2-14-8-4-10-19(16,17)15(12-6-7-12)11-13-5-3-9-18-13/h3,5,9,12,14H,2,4,6-8,10-11H2,1H3. The minimum absolute atomic E-state index is 0.242. The molecule has 0 amide bonds. The lowest BCUT2D eigenvalue weighted by atomic mass is 10.4. The number of nitrogens with one attached hydrogen (secondary N) is 1. The zero-order chi connectivity index (χ0) is 13.7. The molecule has 1 fully saturated rings. The molecule has 2 rings (SSSR count). The Kier molecular flexibility index (Phi) is 5.38. The maximum Gasteiger partial charge on any atom is 0.214 e. The topological polar surface area (TPSA) is 49.4 Å². The Bertz CT molecular complexity index is 467. The maximum absolute atomic E-state index is 12.4. The average Bonchev–Trinajstić information content (AvgIpc) is 3.08. The van der Waals surface area contributed by atoms with Crippen LogP contribution in [0, 0.1) is 0 Å². The molecule has 19 heavy (non-hydrogen) atoms. The smallest absolute Gasteiger partial charge is 0.214 e. The SMILES string of the molecule is CCNCCCS(=O)(=O)N(Cc1cccs1)C1CC1. The molecule has 0 aliphatic heterocycles. The highest BCUT2D eigenvalue weighted by atomic mass is 32.2. The van der Waals surface area contributed by atoms with Crippen LogP contribution in [-0.4, -0.2) is 37.6 Å². The normalized spacial score (nSPS) is 16.1. The molecule has 108 valence electrons. The van der Waals surface area contributed by atoms with Gasteiger partial charge in [-0.2, -0.15) is 4.31 Å². The Balaban J connectivity index is 1.93. The van der Waals surface area contributed by atoms with Crippen molar-refractivity contribution in [3.05, 3.63) is 22.4 Å². The van der Waals surface area contributed by atoms with Crippen LogP contribution in [0.3, 0.4) is 0 Å². The molecule has 1 aliphatic carbocycles. The maximum atomic E-state index is 12.4. The molecule has 0 saturated heterocycles. The van der Waals surface area contributed by atoms with Crippen molar-refractivity contribution in [3.63, 3.8) is 0 Å². The molecule has 0 bridgehead atoms. The van der Waals surface area contributed by atoms with Crippen LogP contribution in [0.25, 0.3) is 0 Å². The second kappa shape index (κ2) is 6.83. The van der Waals surface area contributed by atoms with Crippen LogP contribution < -0.4 is 5.32 Å². The van der Waals surface area contributed by atoms with Gasteiger partial charge in [0.25, 0.3) is 0 Å². The van der Waals surface area contributed by atoms with Crippen molar-refractivity contribution >= 4 is 21.4 Å². The Hall–Kier alpha value is -0.430. The lowest BCUT2D eigenvalue weighted by Crippen LogP contribution is -2.35. The third kappa shape index (κ3) is 4.56. The molecular formula is C13H22N2O2S2. The molecule has 1 aromatic rings. The number of nitrogens with zero attached hydrogens (tertiary/aromatic N) is 1. The minimum Gasteiger partial charge on any atom is -0.317 e. The molecule has 1 heterocycles. The summed E-state index contributed by atoms with van der Waals surface area (Å²) < 4.78 is 26.5. The summed E-state index contributed by atoms with van der Waals surface area (Å²) in [4.78, 5) is 1.13. The molecule has 1 aliphatic rings. The van der Waals surface area contributed by atoms with Crippen molar-refractivity contribution in [2.24, 2.45) is 0 Å². The van der Waals surface area contributed by atoms with E-state index in [2.05, 4.69) is 5.32 Å². The van der Waals surface area contributed by atoms with Gasteiger partial charge < -0.3 is 5.32 Å². The number of sulfonamides is 1. The van der Waals surface area contributed by atoms with Crippen molar-refractivity contribution in [2.45, 2.75) is 38.8 Å². The number of hydrogen-bond acceptors (Lipinski definition) is 4. The fourth-order valence-corrected chi connectivity index (χ4v) is 4.58. The average molecular weight is 302 g/mol. The largest absolute Gasteiger partial charge is 0.317 e. The predicted molar refractivity (Wildman–Crippen MR) is 79.8 cm³/mol. The quantitative estimate of drug-likeness (QED) is 0.710. The van der Waals surface area contributed by atoms with E-state index in [0.29, 0.717) is 13.0 Å². The highest BCUT2D eigenvalue weighted by Crippen LogP contribution is 2.31. The first kappa shape index (κ1) is 15.0. The van der Waals surface area contributed by atoms with Gasteiger partial charge in [-0.3, -0.25) is 0 Å². The summed E-state index contributed by atoms with van der Waals surface area (Å²) in [6.45, 7) is 4.24. The van der Waals surface area contributed by atoms with Crippen LogP contribution in [0.5, 0.6) is 0 Å². The monoisotopic (exact) mass is 302 g/mol. The van der Waals surface area contributed by atoms with E-state index in [1.54, 1.807) is 15.6 Å². The van der Waals surface area contributed by atoms with Crippen molar-refractivity contribution in [1.82, 2.24) is 9.62 Å². The number of thiophene rings is 1. The zero-order valence-electron chi connectivity index (χ0n) is 11.3. The van der Waals surface area contributed by atoms with Crippen molar-refractivity contribution in [2.75, 3.05) is 18.8 Å². The summed E-state index contributed by atoms with van der Waals surface area (Å²) in [5.41, 5.74) is 0. The Morgan fingerprint density at radius 3 is 2.84 bits per heavy atom. The van der Waals surface area contributed by atoms with Gasteiger partial charge in [0.2, 0.25) is 10.0 Å². The van der Waals surface area contributed by atoms with Gasteiger partial charge in [-0.05, 0) is 43.8 Å². The number of rotatable bonds is 9. The van der Waals surface area contributed by atoms with Crippen molar-refractivity contribution in [3.8, 4) is 0 Å². The van der Waals surface area contributed by atoms with E-state index in [0.717, 1.165) is 30.8 Å². The first-order valence-electron chi connectivity index (χ1n) is 6.86. The van der Waals surface area contributed by atoms with E-state index in [4.69, 9.17) is 0 Å². The van der Waals surface area contributed by atoms with Gasteiger partial charge in [0, 0.05) is 17.5 Å². The second-order valence-corrected chi connectivity index (χ2v) is 7.95. The molecule has 0 atom stereocenters. The van der Waals surface area contributed by atoms with E-state index in [9.17, 15) is 8.42 Å². The summed E-state index contributed by atoms with van der Waals surface area (Å²) in [6.07, 6.45) is 2.71. The molecule has 0 aromatic carbocycles. The minimum atomic E-state index is -3.12. The van der Waals surface area contributed by atoms with Crippen LogP contribution >= 0.6 is 11.3 Å². The molecule has 4 nitrogen and oxygen atoms in total. The van der Waals surface area contributed by atoms with Crippen molar-refractivity contribution in [1.29, 1.82) is 0 Å². The second-order valence-electron chi connectivity index (χ2n) is 4.88. The van der Waals surface area contributed by atoms with Gasteiger partial charge >= 0.3 is 0 Å². The lowest BCUT2D eigenvalue weighted by Gasteiger charge is -2.21. The Labute approximate surface area is 119 Å². The highest BCUT2D eigenvalue weighted by molar-refractivity contribution is 7.89. The van der Waals surface area contributed by atoms with E-state index in [-0.39, 0.29) is 11.8 Å². The van der Waals surface area contributed by atoms with Crippen LogP contribution in [0.2, 0.25) is 0 Å². The summed E-state index contributed by atoms with van der Waals surface area (Å²) in [5, 5.41) is 5.17. The predicted octanol–water partition coefficient (Wildman–Crippen LogP) is 2.04. The van der Waals surface area contributed by atoms with Gasteiger partial charge in [-0.1, -0.05) is 13.0 Å². The first-order chi connectivity index (χ1) is 9.13. The van der Waals surface area contributed by atoms with E-state index >= 15 is 0 Å². The fourth-order valence-electron chi connectivity index (χ4n) is 2.05. The van der Waals surface area contributed by atoms with Gasteiger partial charge in [0.05, 0.1) is 5.75 Å². The van der Waals surface area contributed by atoms with Crippen LogP contribution in [0.4, 0.5) is 0 Å². The van der Waals surface area contributed by atoms with E-state index in [1.807, 2.05) is 24.4 Å².